The number of aromatic amines is 1. The molecule has 0 spiro atoms. The van der Waals surface area contributed by atoms with E-state index in [-0.39, 0.29) is 0 Å². The van der Waals surface area contributed by atoms with Gasteiger partial charge in [-0.15, -0.1) is 0 Å². The van der Waals surface area contributed by atoms with Gasteiger partial charge in [-0.1, -0.05) is 11.6 Å². The maximum atomic E-state index is 6.10. The van der Waals surface area contributed by atoms with Crippen LogP contribution in [-0.2, 0) is 0 Å². The van der Waals surface area contributed by atoms with Crippen molar-refractivity contribution in [3.63, 3.8) is 0 Å². The first-order valence-electron chi connectivity index (χ1n) is 5.32. The van der Waals surface area contributed by atoms with Crippen LogP contribution in [0.15, 0.2) is 24.5 Å². The van der Waals surface area contributed by atoms with Gasteiger partial charge in [-0.2, -0.15) is 5.10 Å². The number of halogens is 1. The van der Waals surface area contributed by atoms with E-state index in [1.54, 1.807) is 0 Å². The lowest BCUT2D eigenvalue weighted by Gasteiger charge is -2.02. The molecule has 4 nitrogen and oxygen atoms in total. The Labute approximate surface area is 103 Å². The molecule has 0 aliphatic heterocycles. The fourth-order valence-electron chi connectivity index (χ4n) is 2.09. The first-order chi connectivity index (χ1) is 8.18. The lowest BCUT2D eigenvalue weighted by Crippen LogP contribution is -1.90. The van der Waals surface area contributed by atoms with Crippen LogP contribution in [0, 0.1) is 13.8 Å². The highest BCUT2D eigenvalue weighted by molar-refractivity contribution is 6.33. The van der Waals surface area contributed by atoms with Crippen LogP contribution in [0.5, 0.6) is 0 Å². The topological polar surface area (TPSA) is 46.0 Å². The Morgan fingerprint density at radius 1 is 1.35 bits per heavy atom. The average molecular weight is 247 g/mol. The van der Waals surface area contributed by atoms with Gasteiger partial charge in [-0.3, -0.25) is 9.50 Å². The predicted octanol–water partition coefficient (Wildman–Crippen LogP) is 2.99. The van der Waals surface area contributed by atoms with Crippen LogP contribution in [0.25, 0.3) is 16.9 Å². The van der Waals surface area contributed by atoms with Crippen LogP contribution >= 0.6 is 11.6 Å². The number of pyridine rings is 1. The quantitative estimate of drug-likeness (QED) is 0.718. The van der Waals surface area contributed by atoms with Gasteiger partial charge in [0.05, 0.1) is 22.6 Å². The average Bonchev–Trinajstić information content (AvgIpc) is 2.84. The van der Waals surface area contributed by atoms with E-state index < -0.39 is 0 Å². The summed E-state index contributed by atoms with van der Waals surface area (Å²) in [5.74, 6) is 0. The molecule has 3 rings (SSSR count). The predicted molar refractivity (Wildman–Crippen MR) is 67.3 cm³/mol. The van der Waals surface area contributed by atoms with Gasteiger partial charge in [0.1, 0.15) is 0 Å². The smallest absolute Gasteiger partial charge is 0.156 e. The van der Waals surface area contributed by atoms with Gasteiger partial charge in [-0.05, 0) is 26.0 Å². The second-order valence-electron chi connectivity index (χ2n) is 4.00. The number of hydrogen-bond acceptors (Lipinski definition) is 2. The molecule has 0 aliphatic carbocycles. The molecular weight excluding hydrogens is 236 g/mol. The third kappa shape index (κ3) is 1.45. The van der Waals surface area contributed by atoms with E-state index in [0.29, 0.717) is 5.02 Å². The summed E-state index contributed by atoms with van der Waals surface area (Å²) in [5, 5.41) is 7.83. The molecule has 0 aromatic carbocycles. The minimum absolute atomic E-state index is 0.651. The Hall–Kier alpha value is -1.81. The van der Waals surface area contributed by atoms with Gasteiger partial charge in [0.25, 0.3) is 0 Å². The molecule has 3 heterocycles. The normalized spacial score (nSPS) is 11.2. The van der Waals surface area contributed by atoms with E-state index in [1.807, 2.05) is 42.8 Å². The van der Waals surface area contributed by atoms with Crippen LogP contribution in [-0.4, -0.2) is 19.6 Å². The van der Waals surface area contributed by atoms with Crippen molar-refractivity contribution < 1.29 is 0 Å². The van der Waals surface area contributed by atoms with Crippen molar-refractivity contribution in [2.24, 2.45) is 0 Å². The molecule has 0 fully saturated rings. The van der Waals surface area contributed by atoms with Crippen LogP contribution < -0.4 is 0 Å². The lowest BCUT2D eigenvalue weighted by atomic mass is 10.1. The van der Waals surface area contributed by atoms with E-state index >= 15 is 0 Å². The van der Waals surface area contributed by atoms with E-state index in [4.69, 9.17) is 11.6 Å². The Morgan fingerprint density at radius 2 is 2.18 bits per heavy atom. The number of nitrogens with zero attached hydrogens (tertiary/aromatic N) is 3. The van der Waals surface area contributed by atoms with Gasteiger partial charge in [-0.25, -0.2) is 4.98 Å². The standard InChI is InChI=1S/C12H11ClN4/c1-7-11(8(2)16-15-7)10-6-14-12-9(13)4-3-5-17(10)12/h3-6H,1-2H3,(H,15,16). The molecule has 5 heteroatoms. The number of fused-ring (bicyclic) bond motifs is 1. The summed E-state index contributed by atoms with van der Waals surface area (Å²) in [6.45, 7) is 3.97. The summed E-state index contributed by atoms with van der Waals surface area (Å²) in [7, 11) is 0. The fraction of sp³-hybridized carbons (Fsp3) is 0.167. The number of aromatic nitrogens is 4. The molecule has 3 aromatic rings. The molecule has 0 bridgehead atoms. The summed E-state index contributed by atoms with van der Waals surface area (Å²) in [4.78, 5) is 4.35. The van der Waals surface area contributed by atoms with E-state index in [0.717, 1.165) is 28.3 Å². The molecule has 3 aromatic heterocycles. The lowest BCUT2D eigenvalue weighted by molar-refractivity contribution is 1.02. The van der Waals surface area contributed by atoms with Gasteiger partial charge in [0.15, 0.2) is 5.65 Å². The second kappa shape index (κ2) is 3.60. The van der Waals surface area contributed by atoms with Crippen molar-refractivity contribution in [1.29, 1.82) is 0 Å². The number of nitrogens with one attached hydrogen (secondary N) is 1. The van der Waals surface area contributed by atoms with Crippen LogP contribution in [0.1, 0.15) is 11.4 Å². The molecule has 86 valence electrons. The van der Waals surface area contributed by atoms with E-state index in [2.05, 4.69) is 15.2 Å². The second-order valence-corrected chi connectivity index (χ2v) is 4.41. The number of imidazole rings is 1. The first kappa shape index (κ1) is 10.4. The van der Waals surface area contributed by atoms with Crippen LogP contribution in [0.2, 0.25) is 5.02 Å². The van der Waals surface area contributed by atoms with Crippen molar-refractivity contribution in [3.05, 3.63) is 40.9 Å². The highest BCUT2D eigenvalue weighted by atomic mass is 35.5. The minimum Gasteiger partial charge on any atom is -0.298 e. The number of rotatable bonds is 1. The minimum atomic E-state index is 0.651. The molecule has 0 amide bonds. The zero-order chi connectivity index (χ0) is 12.0. The molecule has 0 saturated heterocycles. The Bertz CT molecular complexity index is 676. The third-order valence-corrected chi connectivity index (χ3v) is 3.17. The van der Waals surface area contributed by atoms with Crippen molar-refractivity contribution in [2.45, 2.75) is 13.8 Å². The highest BCUT2D eigenvalue weighted by Crippen LogP contribution is 2.27. The van der Waals surface area contributed by atoms with E-state index in [9.17, 15) is 0 Å². The molecule has 17 heavy (non-hydrogen) atoms. The fourth-order valence-corrected chi connectivity index (χ4v) is 2.30. The zero-order valence-corrected chi connectivity index (χ0v) is 10.3. The maximum absolute atomic E-state index is 6.10. The number of aryl methyl sites for hydroxylation is 2. The Kier molecular flexibility index (Phi) is 2.19. The third-order valence-electron chi connectivity index (χ3n) is 2.87. The van der Waals surface area contributed by atoms with Gasteiger partial charge >= 0.3 is 0 Å². The molecule has 1 N–H and O–H groups in total. The van der Waals surface area contributed by atoms with Gasteiger partial charge < -0.3 is 0 Å². The first-order valence-corrected chi connectivity index (χ1v) is 5.70. The summed E-state index contributed by atoms with van der Waals surface area (Å²) in [6.07, 6.45) is 3.78. The summed E-state index contributed by atoms with van der Waals surface area (Å²) < 4.78 is 1.98. The summed E-state index contributed by atoms with van der Waals surface area (Å²) in [5.41, 5.74) is 4.85. The largest absolute Gasteiger partial charge is 0.298 e. The number of hydrogen-bond donors (Lipinski definition) is 1. The molecular formula is C12H11ClN4. The van der Waals surface area contributed by atoms with Crippen LogP contribution in [0.4, 0.5) is 0 Å². The summed E-state index contributed by atoms with van der Waals surface area (Å²) in [6, 6.07) is 3.74. The number of H-pyrrole nitrogens is 1. The summed E-state index contributed by atoms with van der Waals surface area (Å²) >= 11 is 6.10. The molecule has 0 atom stereocenters. The van der Waals surface area contributed by atoms with Crippen LogP contribution in [0.3, 0.4) is 0 Å². The zero-order valence-electron chi connectivity index (χ0n) is 9.53. The maximum Gasteiger partial charge on any atom is 0.156 e. The Balaban J connectivity index is 2.36. The SMILES string of the molecule is Cc1n[nH]c(C)c1-c1cnc2c(Cl)cccn12. The van der Waals surface area contributed by atoms with Gasteiger partial charge in [0.2, 0.25) is 0 Å². The van der Waals surface area contributed by atoms with Crippen molar-refractivity contribution in [2.75, 3.05) is 0 Å². The van der Waals surface area contributed by atoms with Crippen molar-refractivity contribution >= 4 is 17.2 Å². The Morgan fingerprint density at radius 3 is 2.88 bits per heavy atom. The molecule has 0 radical (unpaired) electrons. The molecule has 0 unspecified atom stereocenters. The monoisotopic (exact) mass is 246 g/mol. The molecule has 0 saturated carbocycles. The van der Waals surface area contributed by atoms with Crippen molar-refractivity contribution in [3.8, 4) is 11.3 Å². The highest BCUT2D eigenvalue weighted by Gasteiger charge is 2.14. The van der Waals surface area contributed by atoms with Gasteiger partial charge in [0, 0.05) is 17.5 Å². The van der Waals surface area contributed by atoms with Crippen molar-refractivity contribution in [1.82, 2.24) is 19.6 Å². The van der Waals surface area contributed by atoms with E-state index in [1.165, 1.54) is 0 Å². The molecule has 0 aliphatic rings.